The quantitative estimate of drug-likeness (QED) is 0.0214. The number of phosphoric acid groups is 1. The fraction of sp³-hybridized carbons (Fsp3) is 0.750. The highest BCUT2D eigenvalue weighted by Crippen LogP contribution is 2.43. The summed E-state index contributed by atoms with van der Waals surface area (Å²) in [6.07, 6.45) is 27.1. The molecule has 13 nitrogen and oxygen atoms in total. The third kappa shape index (κ3) is 25.4. The zero-order chi connectivity index (χ0) is 40.0. The van der Waals surface area contributed by atoms with E-state index in [1.54, 1.807) is 12.2 Å². The molecule has 6 atom stereocenters. The number of aliphatic hydroxyl groups is 1. The molecule has 0 aromatic rings. The van der Waals surface area contributed by atoms with Crippen molar-refractivity contribution < 1.29 is 57.4 Å². The van der Waals surface area contributed by atoms with E-state index in [9.17, 15) is 33.7 Å². The largest absolute Gasteiger partial charge is 0.480 e. The fourth-order valence-electron chi connectivity index (χ4n) is 5.82. The molecule has 0 spiro atoms. The molecule has 0 aromatic carbocycles. The van der Waals surface area contributed by atoms with Crippen LogP contribution in [0.5, 0.6) is 0 Å². The zero-order valence-corrected chi connectivity index (χ0v) is 33.5. The van der Waals surface area contributed by atoms with Gasteiger partial charge in [-0.15, -0.1) is 0 Å². The molecule has 0 saturated heterocycles. The van der Waals surface area contributed by atoms with E-state index in [1.165, 1.54) is 44.9 Å². The molecule has 1 aliphatic carbocycles. The average Bonchev–Trinajstić information content (AvgIpc) is 3.49. The van der Waals surface area contributed by atoms with Crippen molar-refractivity contribution in [2.45, 2.75) is 161 Å². The van der Waals surface area contributed by atoms with Gasteiger partial charge >= 0.3 is 25.7 Å². The maximum Gasteiger partial charge on any atom is 0.472 e. The zero-order valence-electron chi connectivity index (χ0n) is 32.7. The summed E-state index contributed by atoms with van der Waals surface area (Å²) in [5.41, 5.74) is 5.31. The molecule has 0 aromatic heterocycles. The number of rotatable bonds is 34. The van der Waals surface area contributed by atoms with Gasteiger partial charge in [-0.2, -0.15) is 0 Å². The Labute approximate surface area is 322 Å². The van der Waals surface area contributed by atoms with Crippen LogP contribution in [0.25, 0.3) is 0 Å². The van der Waals surface area contributed by atoms with Crippen molar-refractivity contribution in [1.82, 2.24) is 0 Å². The fourth-order valence-corrected chi connectivity index (χ4v) is 6.60. The Hall–Kier alpha value is -2.67. The summed E-state index contributed by atoms with van der Waals surface area (Å²) in [6, 6.07) is -1.55. The van der Waals surface area contributed by atoms with E-state index in [0.29, 0.717) is 32.1 Å². The number of allylic oxidation sites excluding steroid dienone is 5. The minimum absolute atomic E-state index is 0.00287. The number of carbonyl (C=O) groups excluding carboxylic acids is 3. The van der Waals surface area contributed by atoms with Crippen molar-refractivity contribution in [2.24, 2.45) is 17.6 Å². The molecule has 0 radical (unpaired) electrons. The highest BCUT2D eigenvalue weighted by Gasteiger charge is 2.29. The van der Waals surface area contributed by atoms with Gasteiger partial charge in [-0.3, -0.25) is 28.2 Å². The van der Waals surface area contributed by atoms with Crippen molar-refractivity contribution >= 4 is 31.5 Å². The molecule has 0 bridgehead atoms. The predicted octanol–water partition coefficient (Wildman–Crippen LogP) is 7.67. The van der Waals surface area contributed by atoms with E-state index >= 15 is 0 Å². The lowest BCUT2D eigenvalue weighted by Crippen LogP contribution is -2.34. The number of carbonyl (C=O) groups is 4. The van der Waals surface area contributed by atoms with Gasteiger partial charge in [-0.25, -0.2) is 4.57 Å². The van der Waals surface area contributed by atoms with E-state index in [0.717, 1.165) is 38.5 Å². The standard InChI is InChI=1S/C40H68NO12P/c1-3-5-7-8-9-10-11-12-13-14-20-24-39(45)53-34(30-51-54(48,49)52-31-36(41)40(46)47)29-50-38(44)23-19-16-15-18-21-32-25-28-37(43)35(32)27-26-33(42)22-17-6-4-2/h15,18,25-28,32-36,42H,3-14,16-17,19-24,29-31,41H2,1-2H3,(H,46,47)(H,48,49)/b18-15-,27-26+/t32-,33-,34+,35+,36-/m0/s1. The number of carboxylic acids is 1. The maximum absolute atomic E-state index is 12.6. The van der Waals surface area contributed by atoms with Gasteiger partial charge < -0.3 is 30.3 Å². The van der Waals surface area contributed by atoms with Gasteiger partial charge in [0.2, 0.25) is 0 Å². The molecule has 14 heteroatoms. The highest BCUT2D eigenvalue weighted by atomic mass is 31.2. The van der Waals surface area contributed by atoms with Gasteiger partial charge in [0.1, 0.15) is 12.6 Å². The third-order valence-corrected chi connectivity index (χ3v) is 10.1. The van der Waals surface area contributed by atoms with Crippen molar-refractivity contribution in [3.63, 3.8) is 0 Å². The molecule has 0 fully saturated rings. The molecular weight excluding hydrogens is 717 g/mol. The Morgan fingerprint density at radius 1 is 0.833 bits per heavy atom. The molecule has 1 rings (SSSR count). The van der Waals surface area contributed by atoms with Crippen molar-refractivity contribution in [1.29, 1.82) is 0 Å². The van der Waals surface area contributed by atoms with Gasteiger partial charge in [0.15, 0.2) is 11.9 Å². The van der Waals surface area contributed by atoms with E-state index in [-0.39, 0.29) is 30.5 Å². The smallest absolute Gasteiger partial charge is 0.472 e. The molecule has 1 unspecified atom stereocenters. The van der Waals surface area contributed by atoms with Crippen LogP contribution in [-0.4, -0.2) is 76.9 Å². The first-order chi connectivity index (χ1) is 25.9. The van der Waals surface area contributed by atoms with Crippen LogP contribution in [0.1, 0.15) is 142 Å². The molecule has 310 valence electrons. The van der Waals surface area contributed by atoms with Crippen molar-refractivity contribution in [2.75, 3.05) is 19.8 Å². The van der Waals surface area contributed by atoms with Crippen LogP contribution in [0, 0.1) is 11.8 Å². The van der Waals surface area contributed by atoms with Gasteiger partial charge in [0.05, 0.1) is 19.3 Å². The first-order valence-electron chi connectivity index (χ1n) is 20.1. The Kier molecular flexibility index (Phi) is 27.9. The normalized spacial score (nSPS) is 18.6. The minimum Gasteiger partial charge on any atom is -0.480 e. The van der Waals surface area contributed by atoms with E-state index in [1.807, 2.05) is 24.3 Å². The summed E-state index contributed by atoms with van der Waals surface area (Å²) >= 11 is 0. The topological polar surface area (TPSA) is 209 Å². The SMILES string of the molecule is CCCCCCCCCCCCCC(=O)O[C@H](COC(=O)CCC/C=C\C[C@H]1C=CC(=O)[C@@H]1/C=C/[C@@H](O)CCCCC)COP(=O)(O)OC[C@H](N)C(=O)O. The number of ether oxygens (including phenoxy) is 2. The lowest BCUT2D eigenvalue weighted by Gasteiger charge is -2.20. The van der Waals surface area contributed by atoms with Crippen molar-refractivity contribution in [3.05, 3.63) is 36.5 Å². The van der Waals surface area contributed by atoms with Crippen LogP contribution in [0.15, 0.2) is 36.5 Å². The summed E-state index contributed by atoms with van der Waals surface area (Å²) in [6.45, 7) is 2.47. The molecular formula is C40H68NO12P. The summed E-state index contributed by atoms with van der Waals surface area (Å²) in [5.74, 6) is -2.83. The molecule has 0 amide bonds. The summed E-state index contributed by atoms with van der Waals surface area (Å²) in [5, 5.41) is 19.1. The molecule has 0 saturated carbocycles. The first kappa shape index (κ1) is 49.3. The summed E-state index contributed by atoms with van der Waals surface area (Å²) in [7, 11) is -4.76. The predicted molar refractivity (Wildman–Crippen MR) is 207 cm³/mol. The molecule has 1 aliphatic rings. The van der Waals surface area contributed by atoms with E-state index in [4.69, 9.17) is 24.8 Å². The number of hydrogen-bond acceptors (Lipinski definition) is 11. The maximum atomic E-state index is 12.6. The number of unbranched alkanes of at least 4 members (excludes halogenated alkanes) is 13. The molecule has 54 heavy (non-hydrogen) atoms. The van der Waals surface area contributed by atoms with Crippen LogP contribution in [-0.2, 0) is 42.3 Å². The Morgan fingerprint density at radius 2 is 1.43 bits per heavy atom. The average molecular weight is 786 g/mol. The number of esters is 2. The second-order valence-corrected chi connectivity index (χ2v) is 15.5. The second kappa shape index (κ2) is 30.5. The lowest BCUT2D eigenvalue weighted by molar-refractivity contribution is -0.161. The number of ketones is 1. The Bertz CT molecular complexity index is 1210. The van der Waals surface area contributed by atoms with Gasteiger partial charge in [0.25, 0.3) is 0 Å². The van der Waals surface area contributed by atoms with Crippen molar-refractivity contribution in [3.8, 4) is 0 Å². The molecule has 0 heterocycles. The number of nitrogens with two attached hydrogens (primary N) is 1. The van der Waals surface area contributed by atoms with Gasteiger partial charge in [0, 0.05) is 18.8 Å². The Morgan fingerprint density at radius 3 is 2.07 bits per heavy atom. The van der Waals surface area contributed by atoms with Crippen LogP contribution in [0.2, 0.25) is 0 Å². The van der Waals surface area contributed by atoms with Crippen LogP contribution in [0.3, 0.4) is 0 Å². The number of aliphatic carboxylic acids is 1. The third-order valence-electron chi connectivity index (χ3n) is 9.14. The van der Waals surface area contributed by atoms with Crippen LogP contribution in [0.4, 0.5) is 0 Å². The number of carboxylic acid groups (broad SMARTS) is 1. The lowest BCUT2D eigenvalue weighted by atomic mass is 9.90. The Balaban J connectivity index is 2.51. The highest BCUT2D eigenvalue weighted by molar-refractivity contribution is 7.47. The first-order valence-corrected chi connectivity index (χ1v) is 21.6. The monoisotopic (exact) mass is 785 g/mol. The van der Waals surface area contributed by atoms with E-state index < -0.39 is 63.8 Å². The van der Waals surface area contributed by atoms with Crippen LogP contribution >= 0.6 is 7.82 Å². The molecule has 5 N–H and O–H groups in total. The number of aliphatic hydroxyl groups excluding tert-OH is 1. The summed E-state index contributed by atoms with van der Waals surface area (Å²) < 4.78 is 32.5. The van der Waals surface area contributed by atoms with E-state index in [2.05, 4.69) is 18.4 Å². The van der Waals surface area contributed by atoms with Gasteiger partial charge in [-0.1, -0.05) is 128 Å². The second-order valence-electron chi connectivity index (χ2n) is 14.1. The molecule has 0 aliphatic heterocycles. The number of phosphoric ester groups is 1. The number of hydrogen-bond donors (Lipinski definition) is 4. The van der Waals surface area contributed by atoms with Gasteiger partial charge in [-0.05, 0) is 44.1 Å². The minimum atomic E-state index is -4.76. The summed E-state index contributed by atoms with van der Waals surface area (Å²) in [4.78, 5) is 58.3. The van der Waals surface area contributed by atoms with Crippen LogP contribution < -0.4 is 5.73 Å².